The van der Waals surface area contributed by atoms with Crippen molar-refractivity contribution in [3.05, 3.63) is 33.9 Å². The molecule has 0 N–H and O–H groups in total. The van der Waals surface area contributed by atoms with Gasteiger partial charge in [0, 0.05) is 19.3 Å². The molecule has 0 amide bonds. The summed E-state index contributed by atoms with van der Waals surface area (Å²) in [5.41, 5.74) is -0.0500. The van der Waals surface area contributed by atoms with Crippen LogP contribution < -0.4 is 4.74 Å². The Labute approximate surface area is 116 Å². The van der Waals surface area contributed by atoms with Crippen LogP contribution in [0.4, 0.5) is 5.69 Å². The van der Waals surface area contributed by atoms with Gasteiger partial charge in [0.1, 0.15) is 6.61 Å². The van der Waals surface area contributed by atoms with Crippen LogP contribution in [0.3, 0.4) is 0 Å². The first-order valence-electron chi connectivity index (χ1n) is 6.16. The molecule has 1 rings (SSSR count). The molecule has 0 aliphatic carbocycles. The molecule has 0 atom stereocenters. The zero-order chi connectivity index (χ0) is 15.0. The molecule has 1 aromatic rings. The second kappa shape index (κ2) is 8.09. The lowest BCUT2D eigenvalue weighted by Gasteiger charge is -2.17. The number of hydrogen-bond acceptors (Lipinski definition) is 6. The zero-order valence-electron chi connectivity index (χ0n) is 11.4. The Hall–Kier alpha value is -2.17. The molecule has 7 nitrogen and oxygen atoms in total. The van der Waals surface area contributed by atoms with Gasteiger partial charge in [0.05, 0.1) is 16.6 Å². The van der Waals surface area contributed by atoms with E-state index < -0.39 is 11.2 Å². The molecule has 0 radical (unpaired) electrons. The maximum Gasteiger partial charge on any atom is 0.312 e. The number of benzene rings is 1. The molecular formula is C13H16N2O5. The van der Waals surface area contributed by atoms with Crippen molar-refractivity contribution in [2.75, 3.05) is 19.8 Å². The molecule has 20 heavy (non-hydrogen) atoms. The van der Waals surface area contributed by atoms with Gasteiger partial charge in [0.25, 0.3) is 0 Å². The fourth-order valence-electron chi connectivity index (χ4n) is 1.53. The second-order valence-electron chi connectivity index (χ2n) is 3.70. The summed E-state index contributed by atoms with van der Waals surface area (Å²) in [7, 11) is 0. The first kappa shape index (κ1) is 15.9. The van der Waals surface area contributed by atoms with Crippen molar-refractivity contribution in [3.8, 4) is 11.8 Å². The molecule has 0 bridgehead atoms. The predicted molar refractivity (Wildman–Crippen MR) is 70.3 cm³/mol. The highest BCUT2D eigenvalue weighted by atomic mass is 16.7. The van der Waals surface area contributed by atoms with E-state index in [1.807, 2.05) is 19.9 Å². The number of ether oxygens (including phenoxy) is 3. The van der Waals surface area contributed by atoms with E-state index in [4.69, 9.17) is 19.5 Å². The Bertz CT molecular complexity index is 492. The average molecular weight is 280 g/mol. The summed E-state index contributed by atoms with van der Waals surface area (Å²) in [4.78, 5) is 10.3. The third kappa shape index (κ3) is 4.50. The number of rotatable bonds is 8. The van der Waals surface area contributed by atoms with Gasteiger partial charge in [-0.05, 0) is 26.0 Å². The fraction of sp³-hybridized carbons (Fsp3) is 0.462. The minimum absolute atomic E-state index is 0.0361. The molecule has 0 aliphatic rings. The third-order valence-corrected chi connectivity index (χ3v) is 2.36. The van der Waals surface area contributed by atoms with Crippen molar-refractivity contribution in [1.82, 2.24) is 0 Å². The van der Waals surface area contributed by atoms with Crippen LogP contribution in [0, 0.1) is 21.4 Å². The van der Waals surface area contributed by atoms with Gasteiger partial charge in [-0.15, -0.1) is 0 Å². The van der Waals surface area contributed by atoms with E-state index in [0.29, 0.717) is 13.2 Å². The van der Waals surface area contributed by atoms with Gasteiger partial charge in [-0.3, -0.25) is 10.1 Å². The van der Waals surface area contributed by atoms with Crippen LogP contribution >= 0.6 is 0 Å². The maximum atomic E-state index is 10.9. The van der Waals surface area contributed by atoms with Crippen LogP contribution in [0.1, 0.15) is 19.4 Å². The van der Waals surface area contributed by atoms with E-state index in [0.717, 1.165) is 0 Å². The maximum absolute atomic E-state index is 10.9. The summed E-state index contributed by atoms with van der Waals surface area (Å²) in [6, 6.07) is 5.87. The average Bonchev–Trinajstić information content (AvgIpc) is 2.45. The van der Waals surface area contributed by atoms with E-state index in [1.165, 1.54) is 18.2 Å². The standard InChI is InChI=1S/C13H16N2O5/c1-3-18-13(19-4-2)9-20-12-6-5-10(8-14)7-11(12)15(16)17/h5-7,13H,3-4,9H2,1-2H3. The van der Waals surface area contributed by atoms with Crippen LogP contribution in [-0.4, -0.2) is 31.0 Å². The van der Waals surface area contributed by atoms with Crippen LogP contribution in [-0.2, 0) is 9.47 Å². The lowest BCUT2D eigenvalue weighted by Crippen LogP contribution is -2.25. The van der Waals surface area contributed by atoms with Gasteiger partial charge >= 0.3 is 5.69 Å². The van der Waals surface area contributed by atoms with E-state index in [-0.39, 0.29) is 23.6 Å². The summed E-state index contributed by atoms with van der Waals surface area (Å²) < 4.78 is 15.9. The molecule has 0 saturated heterocycles. The molecule has 0 fully saturated rings. The quantitative estimate of drug-likeness (QED) is 0.411. The highest BCUT2D eigenvalue weighted by Gasteiger charge is 2.18. The minimum atomic E-state index is -0.591. The predicted octanol–water partition coefficient (Wildman–Crippen LogP) is 2.24. The topological polar surface area (TPSA) is 94.6 Å². The fourth-order valence-corrected chi connectivity index (χ4v) is 1.53. The third-order valence-electron chi connectivity index (χ3n) is 2.36. The molecule has 0 aromatic heterocycles. The molecule has 0 spiro atoms. The van der Waals surface area contributed by atoms with E-state index in [1.54, 1.807) is 0 Å². The molecule has 1 aromatic carbocycles. The highest BCUT2D eigenvalue weighted by Crippen LogP contribution is 2.28. The van der Waals surface area contributed by atoms with Crippen LogP contribution in [0.15, 0.2) is 18.2 Å². The van der Waals surface area contributed by atoms with Gasteiger partial charge < -0.3 is 14.2 Å². The Morgan fingerprint density at radius 3 is 2.50 bits per heavy atom. The normalized spacial score (nSPS) is 10.3. The number of nitriles is 1. The van der Waals surface area contributed by atoms with Crippen molar-refractivity contribution in [2.45, 2.75) is 20.1 Å². The van der Waals surface area contributed by atoms with Gasteiger partial charge in [0.15, 0.2) is 12.0 Å². The smallest absolute Gasteiger partial charge is 0.312 e. The number of nitrogens with zero attached hydrogens (tertiary/aromatic N) is 2. The van der Waals surface area contributed by atoms with E-state index in [2.05, 4.69) is 0 Å². The summed E-state index contributed by atoms with van der Waals surface area (Å²) in [5.74, 6) is 0.0819. The summed E-state index contributed by atoms with van der Waals surface area (Å²) in [6.07, 6.45) is -0.583. The molecular weight excluding hydrogens is 264 g/mol. The first-order valence-corrected chi connectivity index (χ1v) is 6.16. The summed E-state index contributed by atoms with van der Waals surface area (Å²) >= 11 is 0. The summed E-state index contributed by atoms with van der Waals surface area (Å²) in [6.45, 7) is 4.56. The molecule has 108 valence electrons. The lowest BCUT2D eigenvalue weighted by molar-refractivity contribution is -0.386. The van der Waals surface area contributed by atoms with Gasteiger partial charge in [-0.1, -0.05) is 0 Å². The molecule has 0 unspecified atom stereocenters. The largest absolute Gasteiger partial charge is 0.481 e. The van der Waals surface area contributed by atoms with Gasteiger partial charge in [0.2, 0.25) is 0 Å². The van der Waals surface area contributed by atoms with Gasteiger partial charge in [-0.25, -0.2) is 0 Å². The zero-order valence-corrected chi connectivity index (χ0v) is 11.4. The SMILES string of the molecule is CCOC(COc1ccc(C#N)cc1[N+](=O)[O-])OCC. The van der Waals surface area contributed by atoms with Gasteiger partial charge in [-0.2, -0.15) is 5.26 Å². The highest BCUT2D eigenvalue weighted by molar-refractivity contribution is 5.51. The second-order valence-corrected chi connectivity index (χ2v) is 3.70. The van der Waals surface area contributed by atoms with Crippen molar-refractivity contribution in [3.63, 3.8) is 0 Å². The Morgan fingerprint density at radius 1 is 1.35 bits per heavy atom. The number of nitro benzene ring substituents is 1. The van der Waals surface area contributed by atoms with E-state index >= 15 is 0 Å². The number of nitro groups is 1. The van der Waals surface area contributed by atoms with Crippen molar-refractivity contribution in [2.24, 2.45) is 0 Å². The van der Waals surface area contributed by atoms with Crippen LogP contribution in [0.5, 0.6) is 5.75 Å². The van der Waals surface area contributed by atoms with Crippen LogP contribution in [0.25, 0.3) is 0 Å². The van der Waals surface area contributed by atoms with E-state index in [9.17, 15) is 10.1 Å². The lowest BCUT2D eigenvalue weighted by atomic mass is 10.2. The number of hydrogen-bond donors (Lipinski definition) is 0. The molecule has 0 saturated carbocycles. The monoisotopic (exact) mass is 280 g/mol. The first-order chi connectivity index (χ1) is 9.62. The Kier molecular flexibility index (Phi) is 6.43. The minimum Gasteiger partial charge on any atom is -0.481 e. The van der Waals surface area contributed by atoms with Crippen LogP contribution in [0.2, 0.25) is 0 Å². The van der Waals surface area contributed by atoms with Crippen molar-refractivity contribution in [1.29, 1.82) is 5.26 Å². The molecule has 7 heteroatoms. The van der Waals surface area contributed by atoms with Crippen molar-refractivity contribution >= 4 is 5.69 Å². The summed E-state index contributed by atoms with van der Waals surface area (Å²) in [5, 5.41) is 19.7. The molecule has 0 heterocycles. The Morgan fingerprint density at radius 2 is 2.00 bits per heavy atom. The molecule has 0 aliphatic heterocycles. The Balaban J connectivity index is 2.81. The van der Waals surface area contributed by atoms with Crippen molar-refractivity contribution < 1.29 is 19.1 Å².